The van der Waals surface area contributed by atoms with Gasteiger partial charge in [-0.05, 0) is 86.4 Å². The summed E-state index contributed by atoms with van der Waals surface area (Å²) in [7, 11) is -3.93. The van der Waals surface area contributed by atoms with Crippen LogP contribution < -0.4 is 0 Å². The molecule has 180 valence electrons. The number of fused-ring (bicyclic) bond motifs is 1. The van der Waals surface area contributed by atoms with Crippen molar-refractivity contribution in [3.63, 3.8) is 0 Å². The first-order chi connectivity index (χ1) is 16.0. The van der Waals surface area contributed by atoms with E-state index in [0.29, 0.717) is 5.57 Å². The van der Waals surface area contributed by atoms with E-state index < -0.39 is 20.9 Å². The molecule has 4 heteroatoms. The number of rotatable bonds is 7. The minimum Gasteiger partial charge on any atom is -0.293 e. The molecule has 0 bridgehead atoms. The lowest BCUT2D eigenvalue weighted by atomic mass is 9.72. The number of allylic oxidation sites excluding steroid dienone is 7. The number of carbonyl (C=O) groups is 1. The first-order valence-corrected chi connectivity index (χ1v) is 13.5. The fourth-order valence-corrected chi connectivity index (χ4v) is 6.39. The van der Waals surface area contributed by atoms with Crippen LogP contribution in [0.3, 0.4) is 0 Å². The predicted octanol–water partition coefficient (Wildman–Crippen LogP) is 7.55. The summed E-state index contributed by atoms with van der Waals surface area (Å²) in [6, 6.07) is 12.7. The molecule has 1 unspecified atom stereocenters. The smallest absolute Gasteiger partial charge is 0.192 e. The van der Waals surface area contributed by atoms with Crippen LogP contribution in [0.15, 0.2) is 94.0 Å². The highest BCUT2D eigenvalue weighted by Gasteiger charge is 2.33. The van der Waals surface area contributed by atoms with Crippen molar-refractivity contribution in [2.75, 3.05) is 0 Å². The molecule has 1 aliphatic carbocycles. The van der Waals surface area contributed by atoms with E-state index in [4.69, 9.17) is 0 Å². The molecule has 0 aliphatic heterocycles. The van der Waals surface area contributed by atoms with Gasteiger partial charge in [0.2, 0.25) is 0 Å². The lowest BCUT2D eigenvalue weighted by molar-refractivity contribution is -0.114. The van der Waals surface area contributed by atoms with E-state index in [9.17, 15) is 13.2 Å². The van der Waals surface area contributed by atoms with Gasteiger partial charge in [0.1, 0.15) is 5.25 Å². The fourth-order valence-electron chi connectivity index (χ4n) is 4.68. The molecule has 0 aromatic heterocycles. The third kappa shape index (κ3) is 5.50. The number of carbonyl (C=O) groups excluding carboxylic acids is 1. The van der Waals surface area contributed by atoms with Gasteiger partial charge in [-0.15, -0.1) is 0 Å². The molecule has 0 amide bonds. The molecule has 1 atom stereocenters. The van der Waals surface area contributed by atoms with E-state index in [2.05, 4.69) is 26.8 Å². The fraction of sp³-hybridized carbons (Fsp3) is 0.367. The molecule has 0 saturated carbocycles. The zero-order valence-corrected chi connectivity index (χ0v) is 22.0. The van der Waals surface area contributed by atoms with Crippen LogP contribution in [0.4, 0.5) is 0 Å². The largest absolute Gasteiger partial charge is 0.293 e. The minimum absolute atomic E-state index is 0.0903. The SMILES string of the molecule is CC=C(C)C(=O)C(C=C(C)C=CC1=C(C)CCCC1(C)C)S(=O)(=O)c1ccc2ccccc2c1. The maximum atomic E-state index is 13.7. The molecule has 34 heavy (non-hydrogen) atoms. The van der Waals surface area contributed by atoms with Crippen molar-refractivity contribution in [2.45, 2.75) is 71.0 Å². The van der Waals surface area contributed by atoms with Gasteiger partial charge in [-0.25, -0.2) is 8.42 Å². The maximum absolute atomic E-state index is 13.7. The summed E-state index contributed by atoms with van der Waals surface area (Å²) >= 11 is 0. The first-order valence-electron chi connectivity index (χ1n) is 11.9. The molecule has 2 aromatic rings. The Morgan fingerprint density at radius 1 is 1.06 bits per heavy atom. The Morgan fingerprint density at radius 3 is 2.38 bits per heavy atom. The van der Waals surface area contributed by atoms with Crippen molar-refractivity contribution in [3.05, 3.63) is 89.1 Å². The van der Waals surface area contributed by atoms with Gasteiger partial charge in [-0.2, -0.15) is 0 Å². The predicted molar refractivity (Wildman–Crippen MR) is 143 cm³/mol. The van der Waals surface area contributed by atoms with Crippen LogP contribution >= 0.6 is 0 Å². The highest BCUT2D eigenvalue weighted by Crippen LogP contribution is 2.40. The Labute approximate surface area is 204 Å². The summed E-state index contributed by atoms with van der Waals surface area (Å²) < 4.78 is 27.4. The molecular weight excluding hydrogens is 440 g/mol. The van der Waals surface area contributed by atoms with E-state index in [1.54, 1.807) is 44.2 Å². The number of hydrogen-bond donors (Lipinski definition) is 0. The van der Waals surface area contributed by atoms with Gasteiger partial charge in [-0.3, -0.25) is 4.79 Å². The number of Topliss-reactive ketones (excluding diaryl/α,β-unsaturated/α-hetero) is 1. The van der Waals surface area contributed by atoms with Crippen LogP contribution in [-0.4, -0.2) is 19.5 Å². The van der Waals surface area contributed by atoms with E-state index >= 15 is 0 Å². The number of benzene rings is 2. The van der Waals surface area contributed by atoms with Crippen LogP contribution in [0, 0.1) is 5.41 Å². The standard InChI is InChI=1S/C30H36O3S/c1-7-22(3)29(31)28(19-21(2)14-17-27-23(4)11-10-18-30(27,5)6)34(32,33)26-16-15-24-12-8-9-13-25(24)20-26/h7-9,12-17,19-20,28H,10-11,18H2,1-6H3. The Morgan fingerprint density at radius 2 is 1.74 bits per heavy atom. The first kappa shape index (κ1) is 25.9. The summed E-state index contributed by atoms with van der Waals surface area (Å²) in [5.74, 6) is -0.392. The van der Waals surface area contributed by atoms with Gasteiger partial charge < -0.3 is 0 Å². The minimum atomic E-state index is -3.93. The molecule has 0 radical (unpaired) electrons. The summed E-state index contributed by atoms with van der Waals surface area (Å²) in [6.45, 7) is 12.0. The second-order valence-corrected chi connectivity index (χ2v) is 12.1. The van der Waals surface area contributed by atoms with E-state index in [1.807, 2.05) is 37.3 Å². The summed E-state index contributed by atoms with van der Waals surface area (Å²) in [4.78, 5) is 13.4. The molecule has 0 spiro atoms. The average Bonchev–Trinajstić information content (AvgIpc) is 2.80. The molecule has 0 N–H and O–H groups in total. The lowest BCUT2D eigenvalue weighted by Gasteiger charge is -2.33. The molecule has 0 saturated heterocycles. The van der Waals surface area contributed by atoms with Crippen LogP contribution in [0.1, 0.15) is 60.8 Å². The van der Waals surface area contributed by atoms with Gasteiger partial charge in [0.05, 0.1) is 4.90 Å². The van der Waals surface area contributed by atoms with Gasteiger partial charge in [-0.1, -0.05) is 79.6 Å². The lowest BCUT2D eigenvalue weighted by Crippen LogP contribution is -2.29. The van der Waals surface area contributed by atoms with Gasteiger partial charge >= 0.3 is 0 Å². The van der Waals surface area contributed by atoms with Crippen molar-refractivity contribution in [3.8, 4) is 0 Å². The topological polar surface area (TPSA) is 51.2 Å². The van der Waals surface area contributed by atoms with Gasteiger partial charge in [0.25, 0.3) is 0 Å². The molecule has 0 fully saturated rings. The normalized spacial score (nSPS) is 18.5. The quantitative estimate of drug-likeness (QED) is 0.306. The third-order valence-electron chi connectivity index (χ3n) is 6.93. The van der Waals surface area contributed by atoms with Crippen molar-refractivity contribution in [2.24, 2.45) is 5.41 Å². The number of ketones is 1. The van der Waals surface area contributed by atoms with Gasteiger partial charge in [0, 0.05) is 0 Å². The highest BCUT2D eigenvalue weighted by molar-refractivity contribution is 7.93. The second kappa shape index (κ2) is 10.3. The second-order valence-electron chi connectivity index (χ2n) is 9.99. The third-order valence-corrected chi connectivity index (χ3v) is 8.86. The van der Waals surface area contributed by atoms with Crippen LogP contribution in [-0.2, 0) is 14.6 Å². The van der Waals surface area contributed by atoms with E-state index in [1.165, 1.54) is 17.6 Å². The number of hydrogen-bond acceptors (Lipinski definition) is 3. The summed E-state index contributed by atoms with van der Waals surface area (Å²) in [5, 5.41) is 0.520. The molecule has 3 nitrogen and oxygen atoms in total. The van der Waals surface area contributed by atoms with Crippen LogP contribution in [0.2, 0.25) is 0 Å². The average molecular weight is 477 g/mol. The summed E-state index contributed by atoms with van der Waals surface area (Å²) in [5.41, 5.74) is 3.97. The van der Waals surface area contributed by atoms with Crippen LogP contribution in [0.25, 0.3) is 10.8 Å². The zero-order valence-electron chi connectivity index (χ0n) is 21.2. The molecule has 0 heterocycles. The Bertz CT molecular complexity index is 1320. The zero-order chi connectivity index (χ0) is 25.1. The van der Waals surface area contributed by atoms with Crippen molar-refractivity contribution < 1.29 is 13.2 Å². The Hall–Kier alpha value is -2.72. The van der Waals surface area contributed by atoms with Crippen LogP contribution in [0.5, 0.6) is 0 Å². The van der Waals surface area contributed by atoms with E-state index in [0.717, 1.165) is 29.2 Å². The maximum Gasteiger partial charge on any atom is 0.192 e. The van der Waals surface area contributed by atoms with Gasteiger partial charge in [0.15, 0.2) is 15.6 Å². The monoisotopic (exact) mass is 476 g/mol. The Balaban J connectivity index is 2.05. The molecule has 1 aliphatic rings. The van der Waals surface area contributed by atoms with Crippen molar-refractivity contribution in [1.82, 2.24) is 0 Å². The number of sulfone groups is 1. The highest BCUT2D eigenvalue weighted by atomic mass is 32.2. The van der Waals surface area contributed by atoms with E-state index in [-0.39, 0.29) is 10.3 Å². The molecular formula is C30H36O3S. The Kier molecular flexibility index (Phi) is 7.82. The molecule has 3 rings (SSSR count). The molecule has 2 aromatic carbocycles. The summed E-state index contributed by atoms with van der Waals surface area (Å²) in [6.07, 6.45) is 10.7. The van der Waals surface area contributed by atoms with Crippen molar-refractivity contribution in [1.29, 1.82) is 0 Å². The van der Waals surface area contributed by atoms with Crippen molar-refractivity contribution >= 4 is 26.4 Å².